The van der Waals surface area contributed by atoms with Crippen LogP contribution in [0.3, 0.4) is 0 Å². The number of rotatable bonds is 5. The first-order valence-electron chi connectivity index (χ1n) is 5.71. The van der Waals surface area contributed by atoms with Crippen molar-refractivity contribution in [1.29, 1.82) is 0 Å². The lowest BCUT2D eigenvalue weighted by Gasteiger charge is -2.15. The summed E-state index contributed by atoms with van der Waals surface area (Å²) in [5.74, 6) is 1.85. The number of likely N-dealkylation sites (tertiary alicyclic amines) is 1. The van der Waals surface area contributed by atoms with E-state index in [1.807, 2.05) is 0 Å². The zero-order valence-electron chi connectivity index (χ0n) is 8.41. The molecule has 13 heavy (non-hydrogen) atoms. The van der Waals surface area contributed by atoms with E-state index < -0.39 is 0 Å². The molecule has 2 fully saturated rings. The lowest BCUT2D eigenvalue weighted by molar-refractivity contribution is 0.249. The largest absolute Gasteiger partial charge is 0.396 e. The van der Waals surface area contributed by atoms with Crippen molar-refractivity contribution < 1.29 is 5.11 Å². The Labute approximate surface area is 80.9 Å². The molecule has 1 N–H and O–H groups in total. The van der Waals surface area contributed by atoms with Crippen LogP contribution in [-0.4, -0.2) is 36.2 Å². The highest BCUT2D eigenvalue weighted by Gasteiger charge is 2.25. The Kier molecular flexibility index (Phi) is 3.23. The van der Waals surface area contributed by atoms with Crippen LogP contribution in [-0.2, 0) is 0 Å². The Morgan fingerprint density at radius 3 is 2.62 bits per heavy atom. The van der Waals surface area contributed by atoms with E-state index in [1.54, 1.807) is 0 Å². The van der Waals surface area contributed by atoms with Gasteiger partial charge >= 0.3 is 0 Å². The Balaban J connectivity index is 1.59. The van der Waals surface area contributed by atoms with E-state index >= 15 is 0 Å². The molecule has 0 aromatic heterocycles. The van der Waals surface area contributed by atoms with Crippen molar-refractivity contribution in [3.63, 3.8) is 0 Å². The van der Waals surface area contributed by atoms with Crippen LogP contribution in [0.5, 0.6) is 0 Å². The van der Waals surface area contributed by atoms with E-state index in [0.29, 0.717) is 6.61 Å². The third kappa shape index (κ3) is 2.96. The summed E-state index contributed by atoms with van der Waals surface area (Å²) >= 11 is 0. The highest BCUT2D eigenvalue weighted by Crippen LogP contribution is 2.33. The van der Waals surface area contributed by atoms with Gasteiger partial charge in [0, 0.05) is 13.2 Å². The molecule has 0 amide bonds. The van der Waals surface area contributed by atoms with Gasteiger partial charge in [-0.3, -0.25) is 0 Å². The molecule has 1 unspecified atom stereocenters. The minimum Gasteiger partial charge on any atom is -0.396 e. The van der Waals surface area contributed by atoms with Gasteiger partial charge in [0.2, 0.25) is 0 Å². The SMILES string of the molecule is OCCC1CCN(CCC2CC2)C1. The van der Waals surface area contributed by atoms with Gasteiger partial charge in [-0.05, 0) is 44.2 Å². The van der Waals surface area contributed by atoms with Gasteiger partial charge in [-0.15, -0.1) is 0 Å². The first-order valence-corrected chi connectivity index (χ1v) is 5.71. The maximum absolute atomic E-state index is 8.82. The van der Waals surface area contributed by atoms with Crippen molar-refractivity contribution in [1.82, 2.24) is 4.90 Å². The highest BCUT2D eigenvalue weighted by atomic mass is 16.3. The van der Waals surface area contributed by atoms with E-state index in [2.05, 4.69) is 4.90 Å². The van der Waals surface area contributed by atoms with Crippen molar-refractivity contribution in [3.8, 4) is 0 Å². The van der Waals surface area contributed by atoms with Crippen molar-refractivity contribution in [2.45, 2.75) is 32.1 Å². The van der Waals surface area contributed by atoms with E-state index in [1.165, 1.54) is 45.3 Å². The molecule has 0 radical (unpaired) electrons. The second kappa shape index (κ2) is 4.43. The van der Waals surface area contributed by atoms with Crippen molar-refractivity contribution in [2.75, 3.05) is 26.2 Å². The molecule has 0 aromatic rings. The Hall–Kier alpha value is -0.0800. The fourth-order valence-corrected chi connectivity index (χ4v) is 2.31. The molecular formula is C11H21NO. The standard InChI is InChI=1S/C11H21NO/c13-8-5-11-4-7-12(9-11)6-3-10-1-2-10/h10-11,13H,1-9H2. The van der Waals surface area contributed by atoms with Crippen LogP contribution in [0.4, 0.5) is 0 Å². The summed E-state index contributed by atoms with van der Waals surface area (Å²) in [6.45, 7) is 4.21. The Morgan fingerprint density at radius 1 is 1.08 bits per heavy atom. The molecule has 1 saturated heterocycles. The molecule has 1 aliphatic carbocycles. The molecule has 76 valence electrons. The van der Waals surface area contributed by atoms with Gasteiger partial charge in [0.1, 0.15) is 0 Å². The molecule has 0 aromatic carbocycles. The minimum atomic E-state index is 0.376. The molecule has 0 spiro atoms. The molecule has 1 aliphatic heterocycles. The highest BCUT2D eigenvalue weighted by molar-refractivity contribution is 4.79. The summed E-state index contributed by atoms with van der Waals surface area (Å²) in [4.78, 5) is 2.58. The fourth-order valence-electron chi connectivity index (χ4n) is 2.31. The summed E-state index contributed by atoms with van der Waals surface area (Å²) in [6, 6.07) is 0. The third-order valence-electron chi connectivity index (χ3n) is 3.46. The summed E-state index contributed by atoms with van der Waals surface area (Å²) < 4.78 is 0. The number of hydrogen-bond acceptors (Lipinski definition) is 2. The monoisotopic (exact) mass is 183 g/mol. The maximum atomic E-state index is 8.82. The second-order valence-corrected chi connectivity index (χ2v) is 4.70. The van der Waals surface area contributed by atoms with Crippen LogP contribution in [0, 0.1) is 11.8 Å². The predicted octanol–water partition coefficient (Wildman–Crippen LogP) is 1.49. The first kappa shape index (κ1) is 9.47. The molecular weight excluding hydrogens is 162 g/mol. The van der Waals surface area contributed by atoms with E-state index in [9.17, 15) is 0 Å². The zero-order valence-corrected chi connectivity index (χ0v) is 8.41. The van der Waals surface area contributed by atoms with E-state index in [4.69, 9.17) is 5.11 Å². The van der Waals surface area contributed by atoms with Crippen LogP contribution in [0.2, 0.25) is 0 Å². The fraction of sp³-hybridized carbons (Fsp3) is 1.00. The average Bonchev–Trinajstić information content (AvgIpc) is 2.85. The molecule has 2 aliphatic rings. The number of aliphatic hydroxyl groups excluding tert-OH is 1. The van der Waals surface area contributed by atoms with Crippen LogP contribution in [0.25, 0.3) is 0 Å². The van der Waals surface area contributed by atoms with Crippen molar-refractivity contribution in [2.24, 2.45) is 11.8 Å². The summed E-state index contributed by atoms with van der Waals surface area (Å²) in [5.41, 5.74) is 0. The molecule has 0 bridgehead atoms. The van der Waals surface area contributed by atoms with Gasteiger partial charge in [-0.2, -0.15) is 0 Å². The average molecular weight is 183 g/mol. The van der Waals surface area contributed by atoms with Gasteiger partial charge in [0.15, 0.2) is 0 Å². The summed E-state index contributed by atoms with van der Waals surface area (Å²) in [7, 11) is 0. The quantitative estimate of drug-likeness (QED) is 0.698. The number of nitrogens with zero attached hydrogens (tertiary/aromatic N) is 1. The third-order valence-corrected chi connectivity index (χ3v) is 3.46. The van der Waals surface area contributed by atoms with E-state index in [-0.39, 0.29) is 0 Å². The normalized spacial score (nSPS) is 29.8. The lowest BCUT2D eigenvalue weighted by atomic mass is 10.1. The second-order valence-electron chi connectivity index (χ2n) is 4.70. The molecule has 2 heteroatoms. The summed E-state index contributed by atoms with van der Waals surface area (Å²) in [6.07, 6.45) is 6.71. The lowest BCUT2D eigenvalue weighted by Crippen LogP contribution is -2.22. The topological polar surface area (TPSA) is 23.5 Å². The van der Waals surface area contributed by atoms with Gasteiger partial charge in [0.25, 0.3) is 0 Å². The Bertz CT molecular complexity index is 156. The minimum absolute atomic E-state index is 0.376. The molecule has 1 saturated carbocycles. The molecule has 1 heterocycles. The summed E-state index contributed by atoms with van der Waals surface area (Å²) in [5, 5.41) is 8.82. The molecule has 1 atom stereocenters. The smallest absolute Gasteiger partial charge is 0.0434 e. The maximum Gasteiger partial charge on any atom is 0.0434 e. The number of hydrogen-bond donors (Lipinski definition) is 1. The molecule has 2 nitrogen and oxygen atoms in total. The molecule has 2 rings (SSSR count). The first-order chi connectivity index (χ1) is 6.38. The zero-order chi connectivity index (χ0) is 9.10. The van der Waals surface area contributed by atoms with Gasteiger partial charge in [0.05, 0.1) is 0 Å². The van der Waals surface area contributed by atoms with Gasteiger partial charge in [-0.25, -0.2) is 0 Å². The van der Waals surface area contributed by atoms with Crippen molar-refractivity contribution >= 4 is 0 Å². The van der Waals surface area contributed by atoms with Crippen LogP contribution in [0.15, 0.2) is 0 Å². The number of aliphatic hydroxyl groups is 1. The van der Waals surface area contributed by atoms with Crippen LogP contribution in [0.1, 0.15) is 32.1 Å². The van der Waals surface area contributed by atoms with Gasteiger partial charge < -0.3 is 10.0 Å². The Morgan fingerprint density at radius 2 is 1.92 bits per heavy atom. The van der Waals surface area contributed by atoms with Crippen LogP contribution < -0.4 is 0 Å². The van der Waals surface area contributed by atoms with Gasteiger partial charge in [-0.1, -0.05) is 12.8 Å². The predicted molar refractivity (Wildman–Crippen MR) is 53.6 cm³/mol. The van der Waals surface area contributed by atoms with Crippen LogP contribution >= 0.6 is 0 Å². The van der Waals surface area contributed by atoms with E-state index in [0.717, 1.165) is 18.3 Å². The van der Waals surface area contributed by atoms with Crippen molar-refractivity contribution in [3.05, 3.63) is 0 Å².